The lowest BCUT2D eigenvalue weighted by atomic mass is 10.0. The fraction of sp³-hybridized carbons (Fsp3) is 0.189. The number of nitrogens with zero attached hydrogens (tertiary/aromatic N) is 12. The van der Waals surface area contributed by atoms with Crippen LogP contribution in [0.25, 0.3) is 4.85 Å². The number of benzene rings is 9. The van der Waals surface area contributed by atoms with Gasteiger partial charge in [-0.05, 0) is 141 Å². The zero-order valence-electron chi connectivity index (χ0n) is 74.2. The van der Waals surface area contributed by atoms with Gasteiger partial charge in [-0.2, -0.15) is 13.2 Å². The smallest absolute Gasteiger partial charge is 0.416 e. The van der Waals surface area contributed by atoms with E-state index < -0.39 is 116 Å². The van der Waals surface area contributed by atoms with Gasteiger partial charge in [-0.3, -0.25) is 150 Å². The van der Waals surface area contributed by atoms with Gasteiger partial charge in [-0.1, -0.05) is 73.0 Å². The van der Waals surface area contributed by atoms with E-state index in [0.717, 1.165) is 88.6 Å². The number of hydroxylamine groups is 18. The van der Waals surface area contributed by atoms with Crippen LogP contribution in [0, 0.1) is 40.6 Å². The predicted octanol–water partition coefficient (Wildman–Crippen LogP) is 11.6. The summed E-state index contributed by atoms with van der Waals surface area (Å²) in [6, 6.07) is 39.0. The molecule has 0 bridgehead atoms. The zero-order chi connectivity index (χ0) is 102. The third-order valence-electron chi connectivity index (χ3n) is 20.6. The van der Waals surface area contributed by atoms with Crippen LogP contribution in [-0.2, 0) is 56.1 Å². The summed E-state index contributed by atoms with van der Waals surface area (Å²) in [4.78, 5) is 273. The summed E-state index contributed by atoms with van der Waals surface area (Å²) >= 11 is 5.70. The maximum Gasteiger partial charge on any atom is 0.416 e. The summed E-state index contributed by atoms with van der Waals surface area (Å²) in [5, 5.41) is 27.6. The topological polar surface area (TPSA) is 519 Å². The summed E-state index contributed by atoms with van der Waals surface area (Å²) in [7, 11) is 12.6. The Hall–Kier alpha value is -17.0. The molecule has 0 atom stereocenters. The first kappa shape index (κ1) is 103. The van der Waals surface area contributed by atoms with Crippen LogP contribution >= 0.6 is 11.6 Å². The average molecular weight is 1930 g/mol. The largest absolute Gasteiger partial charge is 0.497 e. The van der Waals surface area contributed by atoms with Crippen molar-refractivity contribution >= 4 is 135 Å². The van der Waals surface area contributed by atoms with Crippen LogP contribution in [0.4, 0.5) is 30.2 Å². The number of imide groups is 9. The summed E-state index contributed by atoms with van der Waals surface area (Å²) in [6.07, 6.45) is -1.44. The van der Waals surface area contributed by atoms with Crippen molar-refractivity contribution in [2.45, 2.75) is 46.2 Å². The lowest BCUT2D eigenvalue weighted by molar-refractivity contribution is -0.385. The van der Waals surface area contributed by atoms with Crippen molar-refractivity contribution in [3.8, 4) is 5.75 Å². The molecule has 0 saturated carbocycles. The summed E-state index contributed by atoms with van der Waals surface area (Å²) in [5.74, 6) is -9.09. The van der Waals surface area contributed by atoms with Gasteiger partial charge in [0.25, 0.3) is 118 Å². The zero-order valence-corrected chi connectivity index (χ0v) is 74.9. The molecule has 18 amide bonds. The number of rotatable bonds is 15. The van der Waals surface area contributed by atoms with Crippen molar-refractivity contribution in [2.75, 3.05) is 71.1 Å². The van der Waals surface area contributed by atoms with Gasteiger partial charge in [-0.25, -0.2) is 4.85 Å². The normalized spacial score (nSPS) is 14.6. The number of alkyl halides is 3. The molecule has 48 heteroatoms. The van der Waals surface area contributed by atoms with Crippen LogP contribution in [0.1, 0.15) is 228 Å². The molecule has 712 valence electrons. The number of hydrogen-bond acceptors (Lipinski definition) is 32. The fourth-order valence-electron chi connectivity index (χ4n) is 14.0. The third-order valence-corrected chi connectivity index (χ3v) is 20.8. The Balaban J connectivity index is 0.000000160. The van der Waals surface area contributed by atoms with Crippen LogP contribution in [0.5, 0.6) is 5.75 Å². The molecule has 0 radical (unpaired) electrons. The van der Waals surface area contributed by atoms with Crippen molar-refractivity contribution < 1.29 is 158 Å². The second-order valence-corrected chi connectivity index (χ2v) is 28.9. The molecule has 0 saturated heterocycles. The lowest BCUT2D eigenvalue weighted by Crippen LogP contribution is -2.28. The number of hydrogen-bond donors (Lipinski definition) is 0. The highest BCUT2D eigenvalue weighted by molar-refractivity contribution is 6.32. The first-order valence-electron chi connectivity index (χ1n) is 39.5. The number of carbonyl (C=O) groups excluding carboxylic acids is 18. The van der Waals surface area contributed by atoms with E-state index in [1.165, 1.54) is 124 Å². The average Bonchev–Trinajstić information content (AvgIpc) is 1.59. The van der Waals surface area contributed by atoms with Crippen LogP contribution in [-0.4, -0.2) is 233 Å². The van der Waals surface area contributed by atoms with Gasteiger partial charge in [0.15, 0.2) is 5.69 Å². The Labute approximate surface area is 780 Å². The van der Waals surface area contributed by atoms with E-state index in [1.807, 2.05) is 13.0 Å². The second-order valence-electron chi connectivity index (χ2n) is 28.5. The number of ether oxygens (including phenoxy) is 1. The van der Waals surface area contributed by atoms with E-state index in [-0.39, 0.29) is 73.5 Å². The number of carbonyl (C=O) groups is 18. The molecule has 0 spiro atoms. The quantitative estimate of drug-likeness (QED) is 0.0398. The standard InChI is InChI=1S/C13H15NO3.C10H6F3NO3.C10H6N2O3.C10H9NO4.2C10H9NO3.C9H6ClNO3.2C9H6N2O5/c1-3-4-5-9-6-7-10-11(8-9)13(16)14(17-2)12(10)15;1-17-14-8(15)6-3-2-5(10(11,12)13)4-7(6)9(14)16;1-11-6-3-4-7-8(5-6)10(14)12(15-2)9(7)13;1-14-6-3-4-7-8(5-6)10(13)11(15-2)9(7)12;1-6-3-4-7-8(5-6)10(13)11(14-2)9(7)12;1-6-4-3-5-7-8(6)10(13)11(14-2)9(7)12;1-14-11-8(12)6-3-2-5(10)4-7(6)9(11)13;1-16-10-8(12)6-3-2-5(11(14)15)4-7(6)9(10)13;1-16-10-8(12)5-3-2-4-6(11(14)15)7(5)9(10)13/h6-8H,3-5H2,1-2H3;2-4H,1H3;3-5H,2H3;3-5H,1-2H3;2*3-5H,1-2H3;2-4H,1H3;2*2-4H,1H3. The van der Waals surface area contributed by atoms with Crippen molar-refractivity contribution in [1.29, 1.82) is 0 Å². The molecule has 9 heterocycles. The molecule has 0 aromatic heterocycles. The Morgan fingerprint density at radius 2 is 0.667 bits per heavy atom. The van der Waals surface area contributed by atoms with Gasteiger partial charge in [0, 0.05) is 28.8 Å². The molecule has 44 nitrogen and oxygen atoms in total. The number of methoxy groups -OCH3 is 1. The van der Waals surface area contributed by atoms with Gasteiger partial charge in [0.2, 0.25) is 0 Å². The molecular weight excluding hydrogens is 1850 g/mol. The number of halogens is 4. The first-order valence-corrected chi connectivity index (χ1v) is 39.9. The minimum atomic E-state index is -4.56. The van der Waals surface area contributed by atoms with E-state index in [4.69, 9.17) is 37.4 Å². The number of aryl methyl sites for hydroxylation is 3. The lowest BCUT2D eigenvalue weighted by Gasteiger charge is -2.08. The van der Waals surface area contributed by atoms with E-state index in [0.29, 0.717) is 97.9 Å². The maximum atomic E-state index is 12.4. The highest BCUT2D eigenvalue weighted by Gasteiger charge is 2.46. The second kappa shape index (κ2) is 43.4. The van der Waals surface area contributed by atoms with Crippen LogP contribution in [0.2, 0.25) is 5.02 Å². The molecule has 138 heavy (non-hydrogen) atoms. The molecule has 0 aliphatic carbocycles. The molecule has 9 aliphatic heterocycles. The Morgan fingerprint density at radius 1 is 0.341 bits per heavy atom. The van der Waals surface area contributed by atoms with E-state index in [9.17, 15) is 120 Å². The van der Waals surface area contributed by atoms with Crippen molar-refractivity contribution in [3.63, 3.8) is 0 Å². The van der Waals surface area contributed by atoms with Crippen molar-refractivity contribution in [2.24, 2.45) is 0 Å². The summed E-state index contributed by atoms with van der Waals surface area (Å²) < 4.78 is 42.2. The minimum Gasteiger partial charge on any atom is -0.497 e. The molecule has 0 N–H and O–H groups in total. The van der Waals surface area contributed by atoms with Crippen LogP contribution in [0.15, 0.2) is 164 Å². The molecule has 9 aromatic carbocycles. The minimum absolute atomic E-state index is 0.0129. The first-order chi connectivity index (χ1) is 65.5. The highest BCUT2D eigenvalue weighted by atomic mass is 35.5. The predicted molar refractivity (Wildman–Crippen MR) is 460 cm³/mol. The van der Waals surface area contributed by atoms with E-state index >= 15 is 0 Å². The summed E-state index contributed by atoms with van der Waals surface area (Å²) in [6.45, 7) is 12.6. The van der Waals surface area contributed by atoms with Crippen LogP contribution < -0.4 is 4.74 Å². The molecule has 9 aliphatic rings. The Bertz CT molecular complexity index is 6640. The number of nitro groups is 2. The maximum absolute atomic E-state index is 12.4. The molecule has 9 aromatic rings. The SMILES string of the molecule is CCCCc1ccc2c(c1)C(=O)N(OC)C2=O.CON1C(=O)c2ccc(C(F)(F)F)cc2C1=O.CON1C(=O)c2ccc(C)cc2C1=O.CON1C(=O)c2ccc(Cl)cc2C1=O.CON1C(=O)c2ccc([N+](=O)[O-])cc2C1=O.CON1C(=O)c2cccc(C)c2C1=O.CON1C(=O)c2cccc([N+](=O)[O-])c2C1=O.COc1ccc2c(c1)C(=O)N(OC)C2=O.[C-]#[N+]c1ccc2c(c1)C(=O)N(OC)C2=O. The van der Waals surface area contributed by atoms with Gasteiger partial charge in [-0.15, -0.1) is 45.6 Å². The van der Waals surface area contributed by atoms with E-state index in [1.54, 1.807) is 73.7 Å². The van der Waals surface area contributed by atoms with Crippen molar-refractivity contribution in [3.05, 3.63) is 323 Å². The molecule has 18 rings (SSSR count). The number of nitro benzene ring substituents is 2. The van der Waals surface area contributed by atoms with Gasteiger partial charge in [0.1, 0.15) is 11.3 Å². The number of fused-ring (bicyclic) bond motifs is 9. The molecule has 0 fully saturated rings. The van der Waals surface area contributed by atoms with Crippen LogP contribution in [0.3, 0.4) is 0 Å². The number of amides is 18. The van der Waals surface area contributed by atoms with Gasteiger partial charge >= 0.3 is 6.18 Å². The number of non-ortho nitro benzene ring substituents is 1. The molecular formula is C90H72ClF3N12O32. The Kier molecular flexibility index (Phi) is 32.4. The monoisotopic (exact) mass is 1920 g/mol. The van der Waals surface area contributed by atoms with E-state index in [2.05, 4.69) is 40.8 Å². The molecule has 0 unspecified atom stereocenters. The van der Waals surface area contributed by atoms with Gasteiger partial charge < -0.3 is 4.74 Å². The van der Waals surface area contributed by atoms with Gasteiger partial charge in [0.05, 0.1) is 182 Å². The number of unbranched alkanes of at least 4 members (excludes halogenated alkanes) is 1. The third kappa shape index (κ3) is 20.3. The summed E-state index contributed by atoms with van der Waals surface area (Å²) in [5.41, 5.74) is 5.30. The van der Waals surface area contributed by atoms with Crippen molar-refractivity contribution in [1.82, 2.24) is 45.6 Å². The Morgan fingerprint density at radius 3 is 1.07 bits per heavy atom. The fourth-order valence-corrected chi connectivity index (χ4v) is 14.1. The highest BCUT2D eigenvalue weighted by Crippen LogP contribution is 2.37.